The average molecular weight is 594 g/mol. The number of benzene rings is 2. The van der Waals surface area contributed by atoms with Crippen molar-refractivity contribution < 1.29 is 18.2 Å². The van der Waals surface area contributed by atoms with Gasteiger partial charge in [0, 0.05) is 41.3 Å². The first kappa shape index (κ1) is 26.1. The van der Waals surface area contributed by atoms with Gasteiger partial charge in [0.15, 0.2) is 5.82 Å². The van der Waals surface area contributed by atoms with Crippen LogP contribution in [0.2, 0.25) is 10.0 Å². The highest BCUT2D eigenvalue weighted by Gasteiger charge is 2.34. The standard InChI is InChI=1S/C29H25Cl2N5O5/c30-21-2-1-3-22(31)24(21)25-20(26(40-34-25)17-6-7-17)14-38-19-10-12-36(13-11-19)28-32-23(15-39-28)16-4-8-18(9-5-16)27-33-29(37)41-35-27/h1-5,8-9,15,17,19H,6-7,10-14H2,(H,33,35,37). The van der Waals surface area contributed by atoms with Crippen molar-refractivity contribution in [2.24, 2.45) is 0 Å². The van der Waals surface area contributed by atoms with E-state index in [4.69, 9.17) is 41.9 Å². The van der Waals surface area contributed by atoms with Gasteiger partial charge in [-0.3, -0.25) is 9.51 Å². The minimum absolute atomic E-state index is 0.0766. The van der Waals surface area contributed by atoms with Gasteiger partial charge in [-0.25, -0.2) is 4.79 Å². The molecule has 12 heteroatoms. The highest BCUT2D eigenvalue weighted by atomic mass is 35.5. The molecule has 0 unspecified atom stereocenters. The Labute approximate surface area is 244 Å². The zero-order valence-electron chi connectivity index (χ0n) is 21.8. The molecule has 7 rings (SSSR count). The summed E-state index contributed by atoms with van der Waals surface area (Å²) in [5, 5.41) is 9.15. The molecule has 5 aromatic rings. The van der Waals surface area contributed by atoms with Gasteiger partial charge < -0.3 is 18.6 Å². The Bertz CT molecular complexity index is 1710. The lowest BCUT2D eigenvalue weighted by Crippen LogP contribution is -2.37. The monoisotopic (exact) mass is 593 g/mol. The van der Waals surface area contributed by atoms with E-state index in [1.165, 1.54) is 0 Å². The Balaban J connectivity index is 0.991. The number of H-pyrrole nitrogens is 1. The van der Waals surface area contributed by atoms with Crippen LogP contribution in [0.4, 0.5) is 6.01 Å². The van der Waals surface area contributed by atoms with Crippen molar-refractivity contribution in [2.75, 3.05) is 18.0 Å². The molecule has 0 radical (unpaired) electrons. The summed E-state index contributed by atoms with van der Waals surface area (Å²) in [4.78, 5) is 20.6. The number of aromatic nitrogens is 4. The minimum Gasteiger partial charge on any atom is -0.431 e. The fourth-order valence-electron chi connectivity index (χ4n) is 5.16. The summed E-state index contributed by atoms with van der Waals surface area (Å²) in [7, 11) is 0. The predicted octanol–water partition coefficient (Wildman–Crippen LogP) is 6.71. The third-order valence-electron chi connectivity index (χ3n) is 7.53. The van der Waals surface area contributed by atoms with Gasteiger partial charge in [-0.15, -0.1) is 0 Å². The van der Waals surface area contributed by atoms with Crippen molar-refractivity contribution in [1.82, 2.24) is 20.3 Å². The molecule has 4 heterocycles. The normalized spacial score (nSPS) is 16.0. The van der Waals surface area contributed by atoms with Crippen LogP contribution in [0, 0.1) is 0 Å². The van der Waals surface area contributed by atoms with E-state index in [1.807, 2.05) is 30.3 Å². The molecule has 10 nitrogen and oxygen atoms in total. The summed E-state index contributed by atoms with van der Waals surface area (Å²) in [6, 6.07) is 13.5. The summed E-state index contributed by atoms with van der Waals surface area (Å²) >= 11 is 13.0. The molecule has 1 saturated heterocycles. The molecule has 1 saturated carbocycles. The molecular weight excluding hydrogens is 569 g/mol. The molecule has 210 valence electrons. The maximum absolute atomic E-state index is 11.2. The highest BCUT2D eigenvalue weighted by molar-refractivity contribution is 6.39. The molecule has 3 aromatic heterocycles. The van der Waals surface area contributed by atoms with Crippen LogP contribution < -0.4 is 10.7 Å². The molecule has 2 aliphatic rings. The first-order valence-corrected chi connectivity index (χ1v) is 14.2. The quantitative estimate of drug-likeness (QED) is 0.209. The van der Waals surface area contributed by atoms with Crippen molar-refractivity contribution in [3.63, 3.8) is 0 Å². The Morgan fingerprint density at radius 1 is 0.951 bits per heavy atom. The van der Waals surface area contributed by atoms with E-state index in [0.29, 0.717) is 45.7 Å². The molecule has 1 N–H and O–H groups in total. The number of piperidine rings is 1. The lowest BCUT2D eigenvalue weighted by Gasteiger charge is -2.30. The van der Waals surface area contributed by atoms with Crippen molar-refractivity contribution in [2.45, 2.75) is 44.3 Å². The Kier molecular flexibility index (Phi) is 6.90. The van der Waals surface area contributed by atoms with Crippen LogP contribution in [0.25, 0.3) is 33.9 Å². The van der Waals surface area contributed by atoms with Gasteiger partial charge in [-0.05, 0) is 37.8 Å². The molecule has 0 amide bonds. The van der Waals surface area contributed by atoms with E-state index in [2.05, 4.69) is 24.7 Å². The van der Waals surface area contributed by atoms with Gasteiger partial charge in [0.2, 0.25) is 0 Å². The highest BCUT2D eigenvalue weighted by Crippen LogP contribution is 2.46. The van der Waals surface area contributed by atoms with E-state index in [-0.39, 0.29) is 6.10 Å². The first-order valence-electron chi connectivity index (χ1n) is 13.4. The van der Waals surface area contributed by atoms with Crippen molar-refractivity contribution in [1.29, 1.82) is 0 Å². The number of rotatable bonds is 8. The zero-order chi connectivity index (χ0) is 27.9. The summed E-state index contributed by atoms with van der Waals surface area (Å²) in [6.45, 7) is 1.90. The molecular formula is C29H25Cl2N5O5. The SMILES string of the molecule is O=c1[nH]c(-c2ccc(-c3coc(N4CCC(OCc5c(-c6c(Cl)cccc6Cl)noc5C5CC5)CC4)n3)cc2)no1. The molecule has 0 spiro atoms. The number of hydrogen-bond donors (Lipinski definition) is 1. The van der Waals surface area contributed by atoms with Gasteiger partial charge in [0.05, 0.1) is 22.8 Å². The smallest absolute Gasteiger partial charge is 0.431 e. The van der Waals surface area contributed by atoms with Crippen LogP contribution >= 0.6 is 23.2 Å². The molecule has 2 aromatic carbocycles. The number of anilines is 1. The van der Waals surface area contributed by atoms with Crippen molar-refractivity contribution in [3.8, 4) is 33.9 Å². The number of hydrogen-bond acceptors (Lipinski definition) is 9. The Morgan fingerprint density at radius 3 is 2.37 bits per heavy atom. The molecule has 41 heavy (non-hydrogen) atoms. The summed E-state index contributed by atoms with van der Waals surface area (Å²) in [5.74, 6) is 1.04. The topological polar surface area (TPSA) is 123 Å². The van der Waals surface area contributed by atoms with E-state index in [0.717, 1.165) is 66.9 Å². The third kappa shape index (κ3) is 5.30. The third-order valence-corrected chi connectivity index (χ3v) is 8.16. The molecule has 0 atom stereocenters. The molecule has 2 fully saturated rings. The van der Waals surface area contributed by atoms with Crippen LogP contribution in [0.15, 0.2) is 67.0 Å². The van der Waals surface area contributed by atoms with Crippen molar-refractivity contribution in [3.05, 3.63) is 80.6 Å². The largest absolute Gasteiger partial charge is 0.439 e. The van der Waals surface area contributed by atoms with Crippen LogP contribution in [-0.2, 0) is 11.3 Å². The fraction of sp³-hybridized carbons (Fsp3) is 0.310. The van der Waals surface area contributed by atoms with Crippen LogP contribution in [0.5, 0.6) is 0 Å². The molecule has 1 aliphatic heterocycles. The number of nitrogens with zero attached hydrogens (tertiary/aromatic N) is 4. The second kappa shape index (κ2) is 10.8. The number of ether oxygens (including phenoxy) is 1. The van der Waals surface area contributed by atoms with E-state index >= 15 is 0 Å². The van der Waals surface area contributed by atoms with Gasteiger partial charge in [-0.1, -0.05) is 63.8 Å². The maximum atomic E-state index is 11.2. The molecule has 1 aliphatic carbocycles. The second-order valence-corrected chi connectivity index (χ2v) is 11.1. The van der Waals surface area contributed by atoms with Crippen LogP contribution in [0.1, 0.15) is 42.9 Å². The second-order valence-electron chi connectivity index (χ2n) is 10.3. The van der Waals surface area contributed by atoms with Gasteiger partial charge in [-0.2, -0.15) is 4.98 Å². The summed E-state index contributed by atoms with van der Waals surface area (Å²) < 4.78 is 22.6. The van der Waals surface area contributed by atoms with Gasteiger partial charge >= 0.3 is 5.76 Å². The Morgan fingerprint density at radius 2 is 1.68 bits per heavy atom. The lowest BCUT2D eigenvalue weighted by atomic mass is 10.0. The minimum atomic E-state index is -0.590. The summed E-state index contributed by atoms with van der Waals surface area (Å²) in [6.07, 6.45) is 5.55. The Hall–Kier alpha value is -3.86. The number of aromatic amines is 1. The average Bonchev–Trinajstić information content (AvgIpc) is 3.34. The maximum Gasteiger partial charge on any atom is 0.439 e. The predicted molar refractivity (Wildman–Crippen MR) is 152 cm³/mol. The van der Waals surface area contributed by atoms with E-state index in [9.17, 15) is 4.79 Å². The van der Waals surface area contributed by atoms with Gasteiger partial charge in [0.1, 0.15) is 23.4 Å². The fourth-order valence-corrected chi connectivity index (χ4v) is 5.73. The van der Waals surface area contributed by atoms with E-state index in [1.54, 1.807) is 18.4 Å². The number of halogens is 2. The van der Waals surface area contributed by atoms with E-state index < -0.39 is 5.76 Å². The van der Waals surface area contributed by atoms with Crippen LogP contribution in [0.3, 0.4) is 0 Å². The summed E-state index contributed by atoms with van der Waals surface area (Å²) in [5.41, 5.74) is 4.63. The zero-order valence-corrected chi connectivity index (χ0v) is 23.3. The first-order chi connectivity index (χ1) is 20.0. The molecule has 0 bridgehead atoms. The number of nitrogens with one attached hydrogen (secondary N) is 1. The van der Waals surface area contributed by atoms with Crippen LogP contribution in [-0.4, -0.2) is 39.5 Å². The number of oxazole rings is 1. The lowest BCUT2D eigenvalue weighted by molar-refractivity contribution is 0.0241. The van der Waals surface area contributed by atoms with Gasteiger partial charge in [0.25, 0.3) is 6.01 Å². The van der Waals surface area contributed by atoms with Crippen molar-refractivity contribution >= 4 is 29.2 Å².